The number of rotatable bonds is 11. The predicted molar refractivity (Wildman–Crippen MR) is 232 cm³/mol. The van der Waals surface area contributed by atoms with Crippen LogP contribution in [0.25, 0.3) is 11.2 Å². The molecule has 63 heavy (non-hydrogen) atoms. The van der Waals surface area contributed by atoms with Gasteiger partial charge in [-0.2, -0.15) is 0 Å². The highest BCUT2D eigenvalue weighted by molar-refractivity contribution is 6.23. The largest absolute Gasteiger partial charge is 0.372 e. The number of amides is 5. The van der Waals surface area contributed by atoms with Crippen molar-refractivity contribution in [2.75, 3.05) is 60.9 Å². The summed E-state index contributed by atoms with van der Waals surface area (Å²) in [4.78, 5) is 84.5. The number of carbonyl (C=O) groups excluding carboxylic acids is 5. The molecule has 3 saturated heterocycles. The van der Waals surface area contributed by atoms with E-state index in [1.54, 1.807) is 6.33 Å². The number of hydrogen-bond acceptors (Lipinski definition) is 12. The van der Waals surface area contributed by atoms with Gasteiger partial charge in [-0.15, -0.1) is 0 Å². The topological polar surface area (TPSA) is 178 Å². The van der Waals surface area contributed by atoms with E-state index in [1.165, 1.54) is 6.07 Å². The smallest absolute Gasteiger partial charge is 0.262 e. The molecule has 17 heteroatoms. The number of halogens is 1. The third-order valence-corrected chi connectivity index (χ3v) is 13.3. The zero-order valence-corrected chi connectivity index (χ0v) is 34.7. The molecule has 0 bridgehead atoms. The second-order valence-corrected chi connectivity index (χ2v) is 17.3. The van der Waals surface area contributed by atoms with Gasteiger partial charge in [-0.3, -0.25) is 39.1 Å². The van der Waals surface area contributed by atoms with Crippen LogP contribution < -0.4 is 25.8 Å². The second kappa shape index (κ2) is 16.8. The number of hydrogen-bond donors (Lipinski definition) is 3. The number of nitrogens with one attached hydrogen (secondary N) is 3. The number of aromatic nitrogens is 4. The summed E-state index contributed by atoms with van der Waals surface area (Å²) in [5.41, 5.74) is 4.83. The number of benzene rings is 3. The van der Waals surface area contributed by atoms with Gasteiger partial charge in [-0.05, 0) is 80.0 Å². The van der Waals surface area contributed by atoms with Gasteiger partial charge in [-0.1, -0.05) is 30.3 Å². The van der Waals surface area contributed by atoms with Crippen LogP contribution in [0.1, 0.15) is 70.8 Å². The average Bonchev–Trinajstić information content (AvgIpc) is 3.80. The van der Waals surface area contributed by atoms with E-state index in [0.29, 0.717) is 36.8 Å². The highest BCUT2D eigenvalue weighted by atomic mass is 19.1. The maximum Gasteiger partial charge on any atom is 0.262 e. The van der Waals surface area contributed by atoms with E-state index >= 15 is 4.39 Å². The molecule has 0 radical (unpaired) electrons. The van der Waals surface area contributed by atoms with Crippen LogP contribution in [0.4, 0.5) is 27.3 Å². The molecule has 0 spiro atoms. The molecule has 3 aromatic carbocycles. The van der Waals surface area contributed by atoms with Gasteiger partial charge >= 0.3 is 0 Å². The Balaban J connectivity index is 0.682. The fraction of sp³-hybridized carbons (Fsp3) is 0.391. The van der Waals surface area contributed by atoms with Crippen molar-refractivity contribution in [1.29, 1.82) is 0 Å². The van der Waals surface area contributed by atoms with Crippen LogP contribution in [0.2, 0.25) is 0 Å². The first-order valence-corrected chi connectivity index (χ1v) is 21.8. The van der Waals surface area contributed by atoms with Gasteiger partial charge in [0.15, 0.2) is 17.0 Å². The first-order valence-electron chi connectivity index (χ1n) is 21.8. The summed E-state index contributed by atoms with van der Waals surface area (Å²) < 4.78 is 17.6. The van der Waals surface area contributed by atoms with Crippen LogP contribution in [-0.4, -0.2) is 117 Å². The molecule has 4 fully saturated rings. The quantitative estimate of drug-likeness (QED) is 0.162. The minimum Gasteiger partial charge on any atom is -0.372 e. The molecule has 10 rings (SSSR count). The zero-order valence-electron chi connectivity index (χ0n) is 34.7. The van der Waals surface area contributed by atoms with E-state index < -0.39 is 35.5 Å². The van der Waals surface area contributed by atoms with Crippen molar-refractivity contribution in [3.05, 3.63) is 102 Å². The zero-order chi connectivity index (χ0) is 43.2. The Kier molecular flexibility index (Phi) is 10.8. The van der Waals surface area contributed by atoms with E-state index in [2.05, 4.69) is 69.5 Å². The molecule has 16 nitrogen and oxygen atoms in total. The number of piperazine rings is 1. The molecule has 1 atom stereocenters. The van der Waals surface area contributed by atoms with Gasteiger partial charge in [0.25, 0.3) is 11.8 Å². The van der Waals surface area contributed by atoms with E-state index in [9.17, 15) is 24.0 Å². The molecule has 5 aromatic rings. The lowest BCUT2D eigenvalue weighted by atomic mass is 9.86. The van der Waals surface area contributed by atoms with Crippen LogP contribution in [0.3, 0.4) is 0 Å². The molecular formula is C46H48FN11O5. The Morgan fingerprint density at radius 3 is 2.27 bits per heavy atom. The lowest BCUT2D eigenvalue weighted by Crippen LogP contribution is -2.54. The SMILES string of the molecule is O=C1CC[C@H](N2C(=O)c3cc(F)c(N4CCN(CC5CCN(c6ccc(Nc7ncnc8c7ncn8C7CC(NC(=O)Cc8ccccc8)C7)cc6)CC5)CC4)cc3C2=O)C(=O)N1. The highest BCUT2D eigenvalue weighted by Crippen LogP contribution is 2.36. The minimum atomic E-state index is -1.09. The first-order chi connectivity index (χ1) is 30.6. The second-order valence-electron chi connectivity index (χ2n) is 17.3. The van der Waals surface area contributed by atoms with Gasteiger partial charge in [-0.25, -0.2) is 19.3 Å². The van der Waals surface area contributed by atoms with Crippen LogP contribution in [0, 0.1) is 11.7 Å². The van der Waals surface area contributed by atoms with Crippen LogP contribution in [0.5, 0.6) is 0 Å². The fourth-order valence-electron chi connectivity index (χ4n) is 9.73. The van der Waals surface area contributed by atoms with Crippen LogP contribution in [0.15, 0.2) is 79.4 Å². The average molecular weight is 854 g/mol. The number of piperidine rings is 2. The van der Waals surface area contributed by atoms with Gasteiger partial charge in [0.2, 0.25) is 17.7 Å². The van der Waals surface area contributed by atoms with Gasteiger partial charge in [0.05, 0.1) is 29.6 Å². The van der Waals surface area contributed by atoms with Crippen molar-refractivity contribution in [2.24, 2.45) is 5.92 Å². The van der Waals surface area contributed by atoms with E-state index in [-0.39, 0.29) is 47.6 Å². The molecule has 1 aliphatic carbocycles. The molecule has 6 heterocycles. The summed E-state index contributed by atoms with van der Waals surface area (Å²) in [6.07, 6.45) is 7.58. The molecule has 324 valence electrons. The monoisotopic (exact) mass is 853 g/mol. The Labute approximate surface area is 362 Å². The van der Waals surface area contributed by atoms with Crippen LogP contribution >= 0.6 is 0 Å². The van der Waals surface area contributed by atoms with Crippen molar-refractivity contribution in [3.8, 4) is 0 Å². The summed E-state index contributed by atoms with van der Waals surface area (Å²) in [6.45, 7) is 5.50. The first kappa shape index (κ1) is 40.3. The Morgan fingerprint density at radius 1 is 0.810 bits per heavy atom. The summed E-state index contributed by atoms with van der Waals surface area (Å²) in [5, 5.41) is 8.78. The molecule has 0 unspecified atom stereocenters. The number of carbonyl (C=O) groups is 5. The van der Waals surface area contributed by atoms with Crippen molar-refractivity contribution < 1.29 is 28.4 Å². The van der Waals surface area contributed by atoms with Crippen molar-refractivity contribution >= 4 is 63.6 Å². The van der Waals surface area contributed by atoms with Gasteiger partial charge < -0.3 is 25.0 Å². The number of imide groups is 2. The summed E-state index contributed by atoms with van der Waals surface area (Å²) in [5.74, 6) is -1.86. The number of fused-ring (bicyclic) bond motifs is 2. The number of nitrogens with zero attached hydrogens (tertiary/aromatic N) is 8. The lowest BCUT2D eigenvalue weighted by molar-refractivity contribution is -0.136. The van der Waals surface area contributed by atoms with E-state index in [1.807, 2.05) is 41.6 Å². The Bertz CT molecular complexity index is 2580. The van der Waals surface area contributed by atoms with Gasteiger partial charge in [0.1, 0.15) is 18.2 Å². The van der Waals surface area contributed by atoms with Gasteiger partial charge in [0, 0.05) is 75.7 Å². The highest BCUT2D eigenvalue weighted by Gasteiger charge is 2.45. The standard InChI is InChI=1S/C46H48FN11O5/c47-36-23-34-35(46(63)58(45(34)62)37-10-11-39(59)53-44(37)61)24-38(36)56-18-16-54(17-19-56)25-29-12-14-55(15-13-29)32-8-6-30(7-9-32)52-42-41-43(49-26-48-42)57(27-50-41)33-21-31(22-33)51-40(60)20-28-4-2-1-3-5-28/h1-9,23-24,26-27,29,31,33,37H,10-22,25H2,(H,51,60)(H,48,49,52)(H,53,59,61)/t31?,33?,37-/m0/s1. The summed E-state index contributed by atoms with van der Waals surface area (Å²) in [6, 6.07) is 19.9. The summed E-state index contributed by atoms with van der Waals surface area (Å²) in [7, 11) is 0. The maximum absolute atomic E-state index is 15.5. The molecule has 3 N–H and O–H groups in total. The molecule has 2 aromatic heterocycles. The number of imidazole rings is 1. The Morgan fingerprint density at radius 2 is 1.54 bits per heavy atom. The van der Waals surface area contributed by atoms with E-state index in [4.69, 9.17) is 0 Å². The molecule has 1 saturated carbocycles. The maximum atomic E-state index is 15.5. The summed E-state index contributed by atoms with van der Waals surface area (Å²) >= 11 is 0. The third kappa shape index (κ3) is 8.08. The van der Waals surface area contributed by atoms with Crippen molar-refractivity contribution in [3.63, 3.8) is 0 Å². The molecule has 4 aliphatic heterocycles. The van der Waals surface area contributed by atoms with Crippen LogP contribution in [-0.2, 0) is 20.8 Å². The van der Waals surface area contributed by atoms with E-state index in [0.717, 1.165) is 92.0 Å². The molecule has 5 amide bonds. The Hall–Kier alpha value is -6.75. The molecule has 5 aliphatic rings. The third-order valence-electron chi connectivity index (χ3n) is 13.3. The number of anilines is 4. The fourth-order valence-corrected chi connectivity index (χ4v) is 9.73. The predicted octanol–water partition coefficient (Wildman–Crippen LogP) is 4.21. The van der Waals surface area contributed by atoms with Crippen molar-refractivity contribution in [1.82, 2.24) is 40.0 Å². The lowest BCUT2D eigenvalue weighted by Gasteiger charge is -2.40. The van der Waals surface area contributed by atoms with Crippen molar-refractivity contribution in [2.45, 2.75) is 63.1 Å². The normalized spacial score (nSPS) is 22.0. The minimum absolute atomic E-state index is 0.0214. The molecular weight excluding hydrogens is 806 g/mol.